The standard InChI is InChI=1S/C34H24N2O4/c1-19-29(25-13-3-5-15-27(25)35(19)21-9-7-11-23(37)17-21)31-33(39)32(34(31)40)30-20(2)36(22-10-8-12-24(38)18-22)28-16-6-4-14-26(28)30/h3-18H,1-2H3,(H2-,37,38,39,40). The maximum atomic E-state index is 14.0. The van der Waals surface area contributed by atoms with Crippen molar-refractivity contribution in [2.75, 3.05) is 0 Å². The lowest BCUT2D eigenvalue weighted by Crippen LogP contribution is -2.31. The summed E-state index contributed by atoms with van der Waals surface area (Å²) >= 11 is 0. The Balaban J connectivity index is 1.47. The molecular formula is C34H24N2O4. The van der Waals surface area contributed by atoms with Crippen LogP contribution in [-0.4, -0.2) is 26.3 Å². The third-order valence-electron chi connectivity index (χ3n) is 7.81. The van der Waals surface area contributed by atoms with Gasteiger partial charge in [-0.1, -0.05) is 48.2 Å². The molecule has 0 fully saturated rings. The molecule has 0 radical (unpaired) electrons. The lowest BCUT2D eigenvalue weighted by Gasteiger charge is -2.32. The predicted molar refractivity (Wildman–Crippen MR) is 155 cm³/mol. The fourth-order valence-corrected chi connectivity index (χ4v) is 6.14. The number of carbonyl (C=O) groups excluding carboxylic acids is 1. The topological polar surface area (TPSA) is 88.5 Å². The van der Waals surface area contributed by atoms with E-state index in [-0.39, 0.29) is 34.2 Å². The number of fused-ring (bicyclic) bond motifs is 2. The maximum Gasteiger partial charge on any atom is 0.219 e. The van der Waals surface area contributed by atoms with Crippen LogP contribution in [0.1, 0.15) is 23.7 Å². The van der Waals surface area contributed by atoms with Gasteiger partial charge in [0, 0.05) is 58.6 Å². The largest absolute Gasteiger partial charge is 0.871 e. The number of ketones is 1. The number of carbonyl (C=O) groups is 1. The van der Waals surface area contributed by atoms with E-state index in [1.165, 1.54) is 0 Å². The first-order chi connectivity index (χ1) is 19.4. The summed E-state index contributed by atoms with van der Waals surface area (Å²) in [5, 5.41) is 35.0. The van der Waals surface area contributed by atoms with Gasteiger partial charge < -0.3 is 19.9 Å². The molecule has 7 rings (SSSR count). The highest BCUT2D eigenvalue weighted by Crippen LogP contribution is 2.47. The summed E-state index contributed by atoms with van der Waals surface area (Å²) in [5.74, 6) is -0.301. The van der Waals surface area contributed by atoms with Crippen molar-refractivity contribution in [2.24, 2.45) is 0 Å². The molecule has 0 atom stereocenters. The molecule has 5 aromatic rings. The van der Waals surface area contributed by atoms with Crippen molar-refractivity contribution in [3.05, 3.63) is 125 Å². The molecule has 0 amide bonds. The summed E-state index contributed by atoms with van der Waals surface area (Å²) in [7, 11) is 0. The van der Waals surface area contributed by atoms with E-state index >= 15 is 0 Å². The molecule has 0 unspecified atom stereocenters. The number of phenolic OH excluding ortho intramolecular Hbond substituents is 2. The van der Waals surface area contributed by atoms with Crippen LogP contribution in [0.25, 0.3) is 27.7 Å². The lowest BCUT2D eigenvalue weighted by atomic mass is 9.78. The molecule has 0 saturated heterocycles. The minimum atomic E-state index is -0.283. The molecule has 1 aromatic heterocycles. The molecule has 0 spiro atoms. The van der Waals surface area contributed by atoms with E-state index in [0.29, 0.717) is 11.1 Å². The molecule has 2 heterocycles. The summed E-state index contributed by atoms with van der Waals surface area (Å²) in [5.41, 5.74) is 7.08. The van der Waals surface area contributed by atoms with Crippen LogP contribution in [0.15, 0.2) is 108 Å². The van der Waals surface area contributed by atoms with Crippen molar-refractivity contribution in [1.82, 2.24) is 9.14 Å². The number of phenols is 2. The van der Waals surface area contributed by atoms with E-state index in [4.69, 9.17) is 0 Å². The fraction of sp³-hybridized carbons (Fsp3) is 0.0588. The minimum absolute atomic E-state index is 0.133. The van der Waals surface area contributed by atoms with Crippen molar-refractivity contribution in [1.29, 1.82) is 0 Å². The van der Waals surface area contributed by atoms with E-state index in [9.17, 15) is 20.1 Å². The first kappa shape index (κ1) is 23.7. The van der Waals surface area contributed by atoms with Gasteiger partial charge in [-0.25, -0.2) is 0 Å². The smallest absolute Gasteiger partial charge is 0.219 e. The van der Waals surface area contributed by atoms with Crippen molar-refractivity contribution < 1.29 is 20.1 Å². The van der Waals surface area contributed by atoms with Crippen LogP contribution in [0.5, 0.6) is 11.5 Å². The highest BCUT2D eigenvalue weighted by Gasteiger charge is 2.42. The summed E-state index contributed by atoms with van der Waals surface area (Å²) in [6.07, 6.45) is 0. The van der Waals surface area contributed by atoms with Crippen molar-refractivity contribution in [3.8, 4) is 17.2 Å². The average molecular weight is 525 g/mol. The summed E-state index contributed by atoms with van der Waals surface area (Å²) in [6, 6.07) is 29.2. The Morgan fingerprint density at radius 3 is 2.20 bits per heavy atom. The van der Waals surface area contributed by atoms with Crippen LogP contribution in [0.2, 0.25) is 0 Å². The SMILES string of the molecule is CC1=[N+](c2cccc(O)c2)c2ccccc2/C1=C1/C(=O)C(c2c(C)n(-c3cccc(O)c3)c3ccccc23)=C1[O-]. The first-order valence-corrected chi connectivity index (χ1v) is 13.0. The van der Waals surface area contributed by atoms with Crippen LogP contribution in [0, 0.1) is 6.92 Å². The monoisotopic (exact) mass is 524 g/mol. The maximum absolute atomic E-state index is 14.0. The molecule has 6 nitrogen and oxygen atoms in total. The molecular weight excluding hydrogens is 500 g/mol. The van der Waals surface area contributed by atoms with Crippen LogP contribution in [0.3, 0.4) is 0 Å². The molecule has 0 saturated carbocycles. The quantitative estimate of drug-likeness (QED) is 0.232. The van der Waals surface area contributed by atoms with E-state index < -0.39 is 0 Å². The molecule has 2 N–H and O–H groups in total. The van der Waals surface area contributed by atoms with Crippen molar-refractivity contribution in [2.45, 2.75) is 13.8 Å². The van der Waals surface area contributed by atoms with Gasteiger partial charge in [-0.05, 0) is 37.3 Å². The average Bonchev–Trinajstić information content (AvgIpc) is 3.39. The number of hydrogen-bond donors (Lipinski definition) is 2. The summed E-state index contributed by atoms with van der Waals surface area (Å²) in [4.78, 5) is 14.0. The number of Topliss-reactive ketones (excluding diaryl/α,β-unsaturated/α-hetero) is 1. The third-order valence-corrected chi connectivity index (χ3v) is 7.81. The fourth-order valence-electron chi connectivity index (χ4n) is 6.14. The molecule has 1 aliphatic heterocycles. The van der Waals surface area contributed by atoms with Crippen LogP contribution < -0.4 is 9.68 Å². The number of benzene rings is 4. The Bertz CT molecular complexity index is 2020. The van der Waals surface area contributed by atoms with Gasteiger partial charge in [0.05, 0.1) is 22.7 Å². The summed E-state index contributed by atoms with van der Waals surface area (Å²) < 4.78 is 3.93. The van der Waals surface area contributed by atoms with E-state index in [0.717, 1.165) is 44.9 Å². The van der Waals surface area contributed by atoms with Gasteiger partial charge in [0.2, 0.25) is 11.4 Å². The zero-order chi connectivity index (χ0) is 27.7. The number of aromatic hydroxyl groups is 2. The Morgan fingerprint density at radius 1 is 0.750 bits per heavy atom. The normalized spacial score (nSPS) is 16.6. The predicted octanol–water partition coefficient (Wildman–Crippen LogP) is 5.77. The lowest BCUT2D eigenvalue weighted by molar-refractivity contribution is -0.297. The second-order valence-corrected chi connectivity index (χ2v) is 10.1. The second kappa shape index (κ2) is 8.58. The zero-order valence-corrected chi connectivity index (χ0v) is 21.8. The van der Waals surface area contributed by atoms with E-state index in [2.05, 4.69) is 0 Å². The Kier molecular flexibility index (Phi) is 5.09. The van der Waals surface area contributed by atoms with Gasteiger partial charge in [0.1, 0.15) is 11.5 Å². The number of aromatic nitrogens is 1. The molecule has 0 bridgehead atoms. The number of para-hydroxylation sites is 2. The van der Waals surface area contributed by atoms with Gasteiger partial charge in [-0.3, -0.25) is 4.79 Å². The molecule has 4 aromatic carbocycles. The van der Waals surface area contributed by atoms with Crippen molar-refractivity contribution in [3.63, 3.8) is 0 Å². The Morgan fingerprint density at radius 2 is 1.45 bits per heavy atom. The number of allylic oxidation sites excluding steroid dienone is 3. The Labute approximate surface area is 230 Å². The first-order valence-electron chi connectivity index (χ1n) is 13.0. The van der Waals surface area contributed by atoms with Crippen LogP contribution >= 0.6 is 0 Å². The zero-order valence-electron chi connectivity index (χ0n) is 21.8. The third kappa shape index (κ3) is 3.23. The molecule has 6 heteroatoms. The molecule has 194 valence electrons. The number of hydrogen-bond acceptors (Lipinski definition) is 4. The van der Waals surface area contributed by atoms with Crippen molar-refractivity contribution >= 4 is 44.9 Å². The molecule has 2 aliphatic rings. The van der Waals surface area contributed by atoms with Gasteiger partial charge in [-0.15, -0.1) is 0 Å². The number of nitrogens with zero attached hydrogens (tertiary/aromatic N) is 2. The van der Waals surface area contributed by atoms with E-state index in [1.54, 1.807) is 36.4 Å². The van der Waals surface area contributed by atoms with Gasteiger partial charge >= 0.3 is 0 Å². The number of rotatable bonds is 3. The molecule has 40 heavy (non-hydrogen) atoms. The highest BCUT2D eigenvalue weighted by atomic mass is 16.3. The highest BCUT2D eigenvalue weighted by molar-refractivity contribution is 6.47. The van der Waals surface area contributed by atoms with Gasteiger partial charge in [0.15, 0.2) is 11.5 Å². The summed E-state index contributed by atoms with van der Waals surface area (Å²) in [6.45, 7) is 3.79. The molecule has 1 aliphatic carbocycles. The van der Waals surface area contributed by atoms with Crippen LogP contribution in [-0.2, 0) is 4.79 Å². The second-order valence-electron chi connectivity index (χ2n) is 10.1. The van der Waals surface area contributed by atoms with Gasteiger partial charge in [0.25, 0.3) is 0 Å². The van der Waals surface area contributed by atoms with E-state index in [1.807, 2.05) is 83.7 Å². The Hall–Kier alpha value is -5.36. The van der Waals surface area contributed by atoms with Gasteiger partial charge in [-0.2, -0.15) is 4.58 Å². The minimum Gasteiger partial charge on any atom is -0.871 e. The van der Waals surface area contributed by atoms with Crippen LogP contribution in [0.4, 0.5) is 11.4 Å².